The van der Waals surface area contributed by atoms with Crippen LogP contribution in [0.2, 0.25) is 0 Å². The standard InChI is InChI=1S/C16H21NO6/c1-2-21-15(20)6-7-17-10-14(13(19)9-12(17)11-18)23-16-5-3-4-8-22-16/h9-11,16H,2-8H2,1H3. The van der Waals surface area contributed by atoms with Crippen molar-refractivity contribution in [3.05, 3.63) is 28.2 Å². The van der Waals surface area contributed by atoms with Crippen molar-refractivity contribution in [2.75, 3.05) is 13.2 Å². The van der Waals surface area contributed by atoms with E-state index in [4.69, 9.17) is 14.2 Å². The van der Waals surface area contributed by atoms with Gasteiger partial charge in [-0.1, -0.05) is 0 Å². The summed E-state index contributed by atoms with van der Waals surface area (Å²) in [7, 11) is 0. The summed E-state index contributed by atoms with van der Waals surface area (Å²) in [5, 5.41) is 0. The Morgan fingerprint density at radius 3 is 2.96 bits per heavy atom. The van der Waals surface area contributed by atoms with Gasteiger partial charge in [-0.15, -0.1) is 0 Å². The summed E-state index contributed by atoms with van der Waals surface area (Å²) in [4.78, 5) is 34.6. The van der Waals surface area contributed by atoms with Crippen LogP contribution >= 0.6 is 0 Å². The molecular weight excluding hydrogens is 302 g/mol. The molecule has 1 aromatic rings. The number of pyridine rings is 1. The summed E-state index contributed by atoms with van der Waals surface area (Å²) in [6.45, 7) is 2.87. The van der Waals surface area contributed by atoms with Gasteiger partial charge < -0.3 is 18.8 Å². The minimum atomic E-state index is -0.447. The van der Waals surface area contributed by atoms with Gasteiger partial charge >= 0.3 is 5.97 Å². The quantitative estimate of drug-likeness (QED) is 0.559. The Bertz CT molecular complexity index is 603. The highest BCUT2D eigenvalue weighted by Gasteiger charge is 2.18. The summed E-state index contributed by atoms with van der Waals surface area (Å²) >= 11 is 0. The summed E-state index contributed by atoms with van der Waals surface area (Å²) < 4.78 is 17.4. The molecule has 0 amide bonds. The van der Waals surface area contributed by atoms with Crippen molar-refractivity contribution in [1.29, 1.82) is 0 Å². The molecule has 1 unspecified atom stereocenters. The second kappa shape index (κ2) is 8.47. The molecule has 7 nitrogen and oxygen atoms in total. The lowest BCUT2D eigenvalue weighted by molar-refractivity contribution is -0.143. The normalized spacial score (nSPS) is 17.5. The van der Waals surface area contributed by atoms with E-state index < -0.39 is 6.29 Å². The number of aldehydes is 1. The average Bonchev–Trinajstić information content (AvgIpc) is 2.56. The third kappa shape index (κ3) is 4.92. The second-order valence-corrected chi connectivity index (χ2v) is 5.21. The maximum absolute atomic E-state index is 12.0. The summed E-state index contributed by atoms with van der Waals surface area (Å²) in [5.74, 6) is -0.243. The number of nitrogens with zero attached hydrogens (tertiary/aromatic N) is 1. The van der Waals surface area contributed by atoms with Crippen LogP contribution in [0.5, 0.6) is 5.75 Å². The predicted molar refractivity (Wildman–Crippen MR) is 81.6 cm³/mol. The van der Waals surface area contributed by atoms with E-state index in [-0.39, 0.29) is 35.8 Å². The van der Waals surface area contributed by atoms with Gasteiger partial charge in [-0.3, -0.25) is 14.4 Å². The average molecular weight is 323 g/mol. The summed E-state index contributed by atoms with van der Waals surface area (Å²) in [5.41, 5.74) is -0.190. The van der Waals surface area contributed by atoms with Gasteiger partial charge in [0.15, 0.2) is 18.3 Å². The third-order valence-corrected chi connectivity index (χ3v) is 3.51. The van der Waals surface area contributed by atoms with Crippen molar-refractivity contribution in [1.82, 2.24) is 4.57 Å². The number of rotatable bonds is 7. The Morgan fingerprint density at radius 2 is 2.30 bits per heavy atom. The van der Waals surface area contributed by atoms with Gasteiger partial charge in [0.2, 0.25) is 5.43 Å². The fourth-order valence-electron chi connectivity index (χ4n) is 2.34. The smallest absolute Gasteiger partial charge is 0.307 e. The first-order valence-corrected chi connectivity index (χ1v) is 7.77. The fraction of sp³-hybridized carbons (Fsp3) is 0.562. The highest BCUT2D eigenvalue weighted by atomic mass is 16.7. The predicted octanol–water partition coefficient (Wildman–Crippen LogP) is 1.52. The molecule has 7 heteroatoms. The topological polar surface area (TPSA) is 83.8 Å². The van der Waals surface area contributed by atoms with E-state index in [1.165, 1.54) is 16.8 Å². The first-order valence-electron chi connectivity index (χ1n) is 7.77. The van der Waals surface area contributed by atoms with E-state index in [1.807, 2.05) is 0 Å². The number of esters is 1. The number of hydrogen-bond acceptors (Lipinski definition) is 6. The Balaban J connectivity index is 2.12. The molecule has 126 valence electrons. The summed E-state index contributed by atoms with van der Waals surface area (Å²) in [6, 6.07) is 1.20. The molecule has 1 fully saturated rings. The molecule has 0 spiro atoms. The Hall–Kier alpha value is -2.15. The zero-order valence-corrected chi connectivity index (χ0v) is 13.2. The lowest BCUT2D eigenvalue weighted by atomic mass is 10.2. The van der Waals surface area contributed by atoms with Crippen LogP contribution in [0.4, 0.5) is 0 Å². The molecule has 2 rings (SSSR count). The van der Waals surface area contributed by atoms with Crippen LogP contribution in [-0.4, -0.2) is 36.3 Å². The molecule has 23 heavy (non-hydrogen) atoms. The van der Waals surface area contributed by atoms with Crippen LogP contribution in [0.3, 0.4) is 0 Å². The first-order chi connectivity index (χ1) is 11.1. The molecule has 0 N–H and O–H groups in total. The molecule has 1 atom stereocenters. The molecule has 1 aliphatic rings. The molecule has 0 bridgehead atoms. The largest absolute Gasteiger partial charge is 0.466 e. The van der Waals surface area contributed by atoms with Crippen molar-refractivity contribution in [3.63, 3.8) is 0 Å². The molecule has 1 aromatic heterocycles. The molecule has 1 aliphatic heterocycles. The number of carbonyl (C=O) groups is 2. The van der Waals surface area contributed by atoms with Crippen LogP contribution < -0.4 is 10.2 Å². The van der Waals surface area contributed by atoms with Gasteiger partial charge in [-0.25, -0.2) is 0 Å². The highest BCUT2D eigenvalue weighted by molar-refractivity contribution is 5.73. The van der Waals surface area contributed by atoms with E-state index in [9.17, 15) is 14.4 Å². The van der Waals surface area contributed by atoms with Gasteiger partial charge in [0.25, 0.3) is 0 Å². The van der Waals surface area contributed by atoms with E-state index >= 15 is 0 Å². The van der Waals surface area contributed by atoms with E-state index in [1.54, 1.807) is 6.92 Å². The monoisotopic (exact) mass is 323 g/mol. The highest BCUT2D eigenvalue weighted by Crippen LogP contribution is 2.17. The van der Waals surface area contributed by atoms with Crippen LogP contribution in [0.1, 0.15) is 43.1 Å². The number of ether oxygens (including phenoxy) is 3. The fourth-order valence-corrected chi connectivity index (χ4v) is 2.34. The van der Waals surface area contributed by atoms with Crippen LogP contribution in [0, 0.1) is 0 Å². The van der Waals surface area contributed by atoms with Gasteiger partial charge in [-0.05, 0) is 19.8 Å². The first kappa shape index (κ1) is 17.2. The van der Waals surface area contributed by atoms with E-state index in [2.05, 4.69) is 0 Å². The second-order valence-electron chi connectivity index (χ2n) is 5.21. The Morgan fingerprint density at radius 1 is 1.48 bits per heavy atom. The molecule has 0 saturated carbocycles. The maximum Gasteiger partial charge on any atom is 0.307 e. The zero-order chi connectivity index (χ0) is 16.7. The number of hydrogen-bond donors (Lipinski definition) is 0. The van der Waals surface area contributed by atoms with Gasteiger partial charge in [0.05, 0.1) is 31.5 Å². The minimum absolute atomic E-state index is 0.108. The number of aromatic nitrogens is 1. The number of aryl methyl sites for hydroxylation is 1. The Kier molecular flexibility index (Phi) is 6.34. The minimum Gasteiger partial charge on any atom is -0.466 e. The maximum atomic E-state index is 12.0. The Labute approximate surface area is 134 Å². The van der Waals surface area contributed by atoms with Crippen LogP contribution in [0.25, 0.3) is 0 Å². The third-order valence-electron chi connectivity index (χ3n) is 3.51. The van der Waals surface area contributed by atoms with Crippen molar-refractivity contribution in [2.45, 2.75) is 45.4 Å². The molecular formula is C16H21NO6. The van der Waals surface area contributed by atoms with Crippen LogP contribution in [0.15, 0.2) is 17.1 Å². The van der Waals surface area contributed by atoms with Crippen LogP contribution in [-0.2, 0) is 20.8 Å². The zero-order valence-electron chi connectivity index (χ0n) is 13.2. The SMILES string of the molecule is CCOC(=O)CCn1cc(OC2CCCCO2)c(=O)cc1C=O. The van der Waals surface area contributed by atoms with Crippen molar-refractivity contribution in [2.24, 2.45) is 0 Å². The summed E-state index contributed by atoms with van der Waals surface area (Å²) in [6.07, 6.45) is 4.37. The molecule has 0 aliphatic carbocycles. The number of carbonyl (C=O) groups excluding carboxylic acids is 2. The van der Waals surface area contributed by atoms with Crippen molar-refractivity contribution < 1.29 is 23.8 Å². The van der Waals surface area contributed by atoms with Gasteiger partial charge in [0.1, 0.15) is 0 Å². The lowest BCUT2D eigenvalue weighted by Crippen LogP contribution is -2.28. The molecule has 2 heterocycles. The molecule has 0 radical (unpaired) electrons. The van der Waals surface area contributed by atoms with E-state index in [0.717, 1.165) is 19.3 Å². The molecule has 0 aromatic carbocycles. The molecule has 1 saturated heterocycles. The van der Waals surface area contributed by atoms with Gasteiger partial charge in [-0.2, -0.15) is 0 Å². The van der Waals surface area contributed by atoms with E-state index in [0.29, 0.717) is 19.5 Å². The van der Waals surface area contributed by atoms with Gasteiger partial charge in [0, 0.05) is 19.0 Å². The van der Waals surface area contributed by atoms with Crippen molar-refractivity contribution >= 4 is 12.3 Å². The lowest BCUT2D eigenvalue weighted by Gasteiger charge is -2.23. The van der Waals surface area contributed by atoms with Crippen molar-refractivity contribution in [3.8, 4) is 5.75 Å².